The summed E-state index contributed by atoms with van der Waals surface area (Å²) in [5.41, 5.74) is 0.172. The third-order valence-corrected chi connectivity index (χ3v) is 8.92. The lowest BCUT2D eigenvalue weighted by Crippen LogP contribution is -2.50. The van der Waals surface area contributed by atoms with Crippen molar-refractivity contribution >= 4 is 33.2 Å². The molecular weight excluding hydrogens is 450 g/mol. The molecule has 0 saturated heterocycles. The summed E-state index contributed by atoms with van der Waals surface area (Å²) in [7, 11) is -2.59. The number of sulfonamides is 1. The number of hydrogen-bond donors (Lipinski definition) is 0. The van der Waals surface area contributed by atoms with Gasteiger partial charge in [0, 0.05) is 42.8 Å². The standard InChI is InChI=1S/C20H25ClF2N4O3S/c1-12-4-5-16(17(21)24-12)31(29,30)27-15(10-13(2)25-27)18(28)26(3)14-6-8-19(9-7-14)11-20(19,22)23/h4-5,14-15H,6-11H2,1-3H3. The van der Waals surface area contributed by atoms with E-state index in [2.05, 4.69) is 10.1 Å². The molecule has 2 saturated carbocycles. The van der Waals surface area contributed by atoms with E-state index in [1.54, 1.807) is 20.9 Å². The summed E-state index contributed by atoms with van der Waals surface area (Å²) in [6.45, 7) is 3.35. The highest BCUT2D eigenvalue weighted by Gasteiger charge is 2.70. The molecule has 1 aromatic rings. The SMILES string of the molecule is CC1=NN(S(=O)(=O)c2ccc(C)nc2Cl)C(C(=O)N(C)C2CCC3(CC2)CC3(F)F)C1. The summed E-state index contributed by atoms with van der Waals surface area (Å²) < 4.78 is 54.6. The highest BCUT2D eigenvalue weighted by Crippen LogP contribution is 2.67. The van der Waals surface area contributed by atoms with Gasteiger partial charge in [-0.05, 0) is 51.7 Å². The van der Waals surface area contributed by atoms with Crippen molar-refractivity contribution in [1.82, 2.24) is 14.3 Å². The Bertz CT molecular complexity index is 1050. The molecule has 1 atom stereocenters. The van der Waals surface area contributed by atoms with Crippen LogP contribution in [0.1, 0.15) is 51.1 Å². The smallest absolute Gasteiger partial charge is 0.282 e. The van der Waals surface area contributed by atoms with E-state index >= 15 is 0 Å². The van der Waals surface area contributed by atoms with Crippen molar-refractivity contribution in [3.8, 4) is 0 Å². The highest BCUT2D eigenvalue weighted by molar-refractivity contribution is 7.89. The zero-order valence-electron chi connectivity index (χ0n) is 17.6. The van der Waals surface area contributed by atoms with E-state index in [4.69, 9.17) is 11.6 Å². The number of halogens is 3. The van der Waals surface area contributed by atoms with Crippen LogP contribution in [-0.4, -0.2) is 59.4 Å². The van der Waals surface area contributed by atoms with Crippen LogP contribution >= 0.6 is 11.6 Å². The quantitative estimate of drug-likeness (QED) is 0.624. The predicted octanol–water partition coefficient (Wildman–Crippen LogP) is 3.61. The average Bonchev–Trinajstić information content (AvgIpc) is 3.01. The van der Waals surface area contributed by atoms with Crippen molar-refractivity contribution in [2.24, 2.45) is 10.5 Å². The van der Waals surface area contributed by atoms with Gasteiger partial charge in [-0.2, -0.15) is 17.9 Å². The maximum atomic E-state index is 13.7. The summed E-state index contributed by atoms with van der Waals surface area (Å²) in [4.78, 5) is 18.6. The van der Waals surface area contributed by atoms with Gasteiger partial charge in [0.2, 0.25) is 5.91 Å². The van der Waals surface area contributed by atoms with Crippen LogP contribution in [0.2, 0.25) is 5.15 Å². The summed E-state index contributed by atoms with van der Waals surface area (Å²) in [6, 6.07) is 1.64. The molecule has 1 amide bonds. The molecule has 31 heavy (non-hydrogen) atoms. The van der Waals surface area contributed by atoms with Crippen LogP contribution in [0.15, 0.2) is 22.1 Å². The lowest BCUT2D eigenvalue weighted by Gasteiger charge is -2.37. The molecule has 2 aliphatic carbocycles. The Morgan fingerprint density at radius 3 is 2.42 bits per heavy atom. The summed E-state index contributed by atoms with van der Waals surface area (Å²) in [5.74, 6) is -2.99. The number of amides is 1. The van der Waals surface area contributed by atoms with E-state index in [0.29, 0.717) is 37.1 Å². The zero-order valence-corrected chi connectivity index (χ0v) is 19.2. The molecule has 2 heterocycles. The Balaban J connectivity index is 1.52. The number of alkyl halides is 2. The van der Waals surface area contributed by atoms with E-state index in [1.807, 2.05) is 0 Å². The Kier molecular flexibility index (Phi) is 5.32. The van der Waals surface area contributed by atoms with E-state index in [0.717, 1.165) is 4.41 Å². The molecule has 1 spiro atoms. The monoisotopic (exact) mass is 474 g/mol. The van der Waals surface area contributed by atoms with Gasteiger partial charge >= 0.3 is 0 Å². The van der Waals surface area contributed by atoms with Crippen molar-refractivity contribution in [3.05, 3.63) is 23.0 Å². The van der Waals surface area contributed by atoms with Crippen LogP contribution < -0.4 is 0 Å². The first-order valence-electron chi connectivity index (χ1n) is 10.2. The van der Waals surface area contributed by atoms with Gasteiger partial charge in [0.1, 0.15) is 16.1 Å². The number of likely N-dealkylation sites (N-methyl/N-ethyl adjacent to an activating group) is 1. The van der Waals surface area contributed by atoms with E-state index in [9.17, 15) is 22.0 Å². The van der Waals surface area contributed by atoms with Gasteiger partial charge < -0.3 is 4.90 Å². The number of carbonyl (C=O) groups excluding carboxylic acids is 1. The molecule has 170 valence electrons. The maximum absolute atomic E-state index is 13.7. The predicted molar refractivity (Wildman–Crippen MR) is 112 cm³/mol. The Labute approximate surface area is 185 Å². The maximum Gasteiger partial charge on any atom is 0.282 e. The molecule has 7 nitrogen and oxygen atoms in total. The minimum Gasteiger partial charge on any atom is -0.341 e. The van der Waals surface area contributed by atoms with Crippen LogP contribution in [0.25, 0.3) is 0 Å². The molecule has 11 heteroatoms. The van der Waals surface area contributed by atoms with Gasteiger partial charge in [0.25, 0.3) is 15.9 Å². The Morgan fingerprint density at radius 2 is 1.87 bits per heavy atom. The van der Waals surface area contributed by atoms with E-state index in [1.165, 1.54) is 17.0 Å². The van der Waals surface area contributed by atoms with Crippen molar-refractivity contribution in [3.63, 3.8) is 0 Å². The molecular formula is C20H25ClF2N4O3S. The molecule has 4 rings (SSSR count). The van der Waals surface area contributed by atoms with Gasteiger partial charge in [0.15, 0.2) is 0 Å². The van der Waals surface area contributed by atoms with Crippen LogP contribution in [-0.2, 0) is 14.8 Å². The third-order valence-electron chi connectivity index (χ3n) is 6.81. The largest absolute Gasteiger partial charge is 0.341 e. The number of rotatable bonds is 4. The minimum absolute atomic E-state index is 0.0720. The Morgan fingerprint density at radius 1 is 1.26 bits per heavy atom. The second kappa shape index (κ2) is 7.37. The number of aryl methyl sites for hydroxylation is 1. The molecule has 1 aliphatic heterocycles. The molecule has 0 radical (unpaired) electrons. The lowest BCUT2D eigenvalue weighted by atomic mass is 9.82. The molecule has 1 aromatic heterocycles. The number of carbonyl (C=O) groups is 1. The fourth-order valence-electron chi connectivity index (χ4n) is 4.73. The first-order valence-corrected chi connectivity index (χ1v) is 12.1. The zero-order chi connectivity index (χ0) is 22.8. The third kappa shape index (κ3) is 3.71. The van der Waals surface area contributed by atoms with Gasteiger partial charge in [-0.25, -0.2) is 13.8 Å². The van der Waals surface area contributed by atoms with Crippen molar-refractivity contribution < 1.29 is 22.0 Å². The first-order chi connectivity index (χ1) is 14.4. The molecule has 2 fully saturated rings. The fraction of sp³-hybridized carbons (Fsp3) is 0.650. The Hall–Kier alpha value is -1.81. The highest BCUT2D eigenvalue weighted by atomic mass is 35.5. The molecule has 0 N–H and O–H groups in total. The van der Waals surface area contributed by atoms with Gasteiger partial charge in [-0.15, -0.1) is 0 Å². The van der Waals surface area contributed by atoms with Crippen LogP contribution in [0.5, 0.6) is 0 Å². The van der Waals surface area contributed by atoms with Crippen LogP contribution in [0.4, 0.5) is 8.78 Å². The minimum atomic E-state index is -4.20. The summed E-state index contributed by atoms with van der Waals surface area (Å²) in [6.07, 6.45) is 1.78. The molecule has 1 unspecified atom stereocenters. The summed E-state index contributed by atoms with van der Waals surface area (Å²) in [5, 5.41) is 3.93. The fourth-order valence-corrected chi connectivity index (χ4v) is 6.66. The van der Waals surface area contributed by atoms with Gasteiger partial charge in [-0.3, -0.25) is 4.79 Å². The van der Waals surface area contributed by atoms with Crippen molar-refractivity contribution in [2.75, 3.05) is 7.05 Å². The van der Waals surface area contributed by atoms with Crippen molar-refractivity contribution in [2.45, 2.75) is 75.3 Å². The topological polar surface area (TPSA) is 82.9 Å². The second-order valence-corrected chi connectivity index (χ2v) is 11.0. The molecule has 0 aromatic carbocycles. The van der Waals surface area contributed by atoms with Gasteiger partial charge in [0.05, 0.1) is 0 Å². The number of pyridine rings is 1. The van der Waals surface area contributed by atoms with E-state index in [-0.39, 0.29) is 28.9 Å². The second-order valence-electron chi connectivity index (χ2n) is 8.92. The van der Waals surface area contributed by atoms with Crippen LogP contribution in [0.3, 0.4) is 0 Å². The normalized spacial score (nSPS) is 29.7. The molecule has 0 bridgehead atoms. The first kappa shape index (κ1) is 22.4. The number of nitrogens with zero attached hydrogens (tertiary/aromatic N) is 4. The molecule has 3 aliphatic rings. The summed E-state index contributed by atoms with van der Waals surface area (Å²) >= 11 is 6.07. The average molecular weight is 475 g/mol. The number of hydrogen-bond acceptors (Lipinski definition) is 5. The van der Waals surface area contributed by atoms with Gasteiger partial charge in [-0.1, -0.05) is 11.6 Å². The van der Waals surface area contributed by atoms with E-state index < -0.39 is 33.3 Å². The van der Waals surface area contributed by atoms with Crippen molar-refractivity contribution in [1.29, 1.82) is 0 Å². The van der Waals surface area contributed by atoms with Crippen LogP contribution in [0, 0.1) is 12.3 Å². The number of hydrazone groups is 1. The lowest BCUT2D eigenvalue weighted by molar-refractivity contribution is -0.136. The number of aromatic nitrogens is 1.